The third-order valence-electron chi connectivity index (χ3n) is 2.43. The van der Waals surface area contributed by atoms with Gasteiger partial charge in [-0.2, -0.15) is 5.10 Å². The fourth-order valence-electron chi connectivity index (χ4n) is 1.51. The number of aromatic nitrogens is 2. The molecule has 0 atom stereocenters. The third kappa shape index (κ3) is 2.59. The van der Waals surface area contributed by atoms with Crippen LogP contribution in [-0.4, -0.2) is 9.78 Å². The Morgan fingerprint density at radius 3 is 2.65 bits per heavy atom. The monoisotopic (exact) mass is 333 g/mol. The molecule has 2 aromatic rings. The zero-order valence-corrected chi connectivity index (χ0v) is 12.1. The van der Waals surface area contributed by atoms with Gasteiger partial charge in [-0.15, -0.1) is 0 Å². The first-order valence-electron chi connectivity index (χ1n) is 4.91. The van der Waals surface area contributed by atoms with Crippen molar-refractivity contribution in [2.24, 2.45) is 0 Å². The van der Waals surface area contributed by atoms with E-state index in [1.165, 1.54) is 0 Å². The summed E-state index contributed by atoms with van der Waals surface area (Å²) in [7, 11) is 0. The maximum absolute atomic E-state index is 6.10. The van der Waals surface area contributed by atoms with Gasteiger partial charge in [0.25, 0.3) is 0 Å². The predicted octanol–water partition coefficient (Wildman–Crippen LogP) is 3.89. The number of anilines is 1. The van der Waals surface area contributed by atoms with Gasteiger partial charge in [-0.05, 0) is 40.5 Å². The van der Waals surface area contributed by atoms with Crippen LogP contribution in [0.2, 0.25) is 10.0 Å². The second-order valence-electron chi connectivity index (χ2n) is 3.68. The number of nitrogen functional groups attached to an aromatic ring is 1. The van der Waals surface area contributed by atoms with Crippen molar-refractivity contribution < 1.29 is 0 Å². The zero-order chi connectivity index (χ0) is 12.6. The van der Waals surface area contributed by atoms with Crippen molar-refractivity contribution in [3.8, 4) is 0 Å². The number of aryl methyl sites for hydroxylation is 1. The van der Waals surface area contributed by atoms with Gasteiger partial charge in [0.1, 0.15) is 5.82 Å². The van der Waals surface area contributed by atoms with Crippen LogP contribution in [0.5, 0.6) is 0 Å². The highest BCUT2D eigenvalue weighted by molar-refractivity contribution is 9.10. The van der Waals surface area contributed by atoms with Crippen LogP contribution in [-0.2, 0) is 6.54 Å². The number of benzene rings is 1. The maximum Gasteiger partial charge on any atom is 0.136 e. The van der Waals surface area contributed by atoms with Gasteiger partial charge < -0.3 is 5.73 Å². The van der Waals surface area contributed by atoms with E-state index in [-0.39, 0.29) is 0 Å². The Bertz CT molecular complexity index is 566. The topological polar surface area (TPSA) is 43.8 Å². The molecule has 1 aromatic heterocycles. The molecule has 0 amide bonds. The van der Waals surface area contributed by atoms with Gasteiger partial charge in [-0.1, -0.05) is 29.3 Å². The first kappa shape index (κ1) is 12.7. The minimum atomic E-state index is 0.522. The summed E-state index contributed by atoms with van der Waals surface area (Å²) >= 11 is 15.3. The number of nitrogens with two attached hydrogens (primary N) is 1. The summed E-state index contributed by atoms with van der Waals surface area (Å²) in [5.41, 5.74) is 7.70. The van der Waals surface area contributed by atoms with Crippen LogP contribution < -0.4 is 5.73 Å². The van der Waals surface area contributed by atoms with Crippen LogP contribution in [0.3, 0.4) is 0 Å². The van der Waals surface area contributed by atoms with Crippen LogP contribution in [0, 0.1) is 6.92 Å². The van der Waals surface area contributed by atoms with Gasteiger partial charge in [-0.3, -0.25) is 0 Å². The van der Waals surface area contributed by atoms with E-state index in [1.807, 2.05) is 13.0 Å². The molecular formula is C11H10BrCl2N3. The Kier molecular flexibility index (Phi) is 3.66. The summed E-state index contributed by atoms with van der Waals surface area (Å²) in [5, 5.41) is 5.55. The van der Waals surface area contributed by atoms with Crippen LogP contribution in [0.4, 0.5) is 5.82 Å². The maximum atomic E-state index is 6.10. The van der Waals surface area contributed by atoms with Crippen molar-refractivity contribution in [2.75, 3.05) is 5.73 Å². The normalized spacial score (nSPS) is 10.8. The lowest BCUT2D eigenvalue weighted by Gasteiger charge is -2.06. The molecule has 1 heterocycles. The van der Waals surface area contributed by atoms with Gasteiger partial charge in [0, 0.05) is 10.0 Å². The smallest absolute Gasteiger partial charge is 0.136 e. The van der Waals surface area contributed by atoms with E-state index in [0.717, 1.165) is 15.7 Å². The Hall–Kier alpha value is -0.710. The molecule has 0 aliphatic carbocycles. The summed E-state index contributed by atoms with van der Waals surface area (Å²) in [6, 6.07) is 5.37. The lowest BCUT2D eigenvalue weighted by Crippen LogP contribution is -2.06. The van der Waals surface area contributed by atoms with E-state index in [1.54, 1.807) is 16.8 Å². The number of hydrogen-bond donors (Lipinski definition) is 1. The lowest BCUT2D eigenvalue weighted by molar-refractivity contribution is 0.689. The molecule has 0 radical (unpaired) electrons. The highest BCUT2D eigenvalue weighted by Gasteiger charge is 2.11. The summed E-state index contributed by atoms with van der Waals surface area (Å²) < 4.78 is 2.52. The third-order valence-corrected chi connectivity index (χ3v) is 3.99. The molecule has 0 aliphatic rings. The van der Waals surface area contributed by atoms with Crippen molar-refractivity contribution in [3.05, 3.63) is 44.0 Å². The summed E-state index contributed by atoms with van der Waals surface area (Å²) in [5.74, 6) is 0.591. The molecule has 0 aliphatic heterocycles. The summed E-state index contributed by atoms with van der Waals surface area (Å²) in [6.45, 7) is 2.41. The molecule has 17 heavy (non-hydrogen) atoms. The molecule has 2 rings (SSSR count). The number of nitrogens with zero attached hydrogens (tertiary/aromatic N) is 2. The molecule has 90 valence electrons. The molecule has 0 saturated heterocycles. The van der Waals surface area contributed by atoms with Gasteiger partial charge in [-0.25, -0.2) is 4.68 Å². The quantitative estimate of drug-likeness (QED) is 0.905. The SMILES string of the molecule is Cc1nn(Cc2ccc(Cl)cc2Cl)c(N)c1Br. The zero-order valence-electron chi connectivity index (χ0n) is 9.04. The van der Waals surface area contributed by atoms with E-state index in [2.05, 4.69) is 21.0 Å². The fourth-order valence-corrected chi connectivity index (χ4v) is 2.26. The first-order chi connectivity index (χ1) is 7.99. The Labute approximate surface area is 118 Å². The van der Waals surface area contributed by atoms with E-state index in [4.69, 9.17) is 28.9 Å². The molecule has 0 spiro atoms. The van der Waals surface area contributed by atoms with Gasteiger partial charge in [0.15, 0.2) is 0 Å². The number of hydrogen-bond acceptors (Lipinski definition) is 2. The molecule has 0 bridgehead atoms. The largest absolute Gasteiger partial charge is 0.383 e. The average molecular weight is 335 g/mol. The van der Waals surface area contributed by atoms with Gasteiger partial charge in [0.05, 0.1) is 16.7 Å². The molecular weight excluding hydrogens is 325 g/mol. The second-order valence-corrected chi connectivity index (χ2v) is 5.31. The summed E-state index contributed by atoms with van der Waals surface area (Å²) in [6.07, 6.45) is 0. The fraction of sp³-hybridized carbons (Fsp3) is 0.182. The molecule has 3 nitrogen and oxygen atoms in total. The molecule has 0 saturated carbocycles. The van der Waals surface area contributed by atoms with Crippen molar-refractivity contribution in [3.63, 3.8) is 0 Å². The van der Waals surface area contributed by atoms with Crippen molar-refractivity contribution in [1.82, 2.24) is 9.78 Å². The van der Waals surface area contributed by atoms with Crippen molar-refractivity contribution in [1.29, 1.82) is 0 Å². The molecule has 0 unspecified atom stereocenters. The molecule has 6 heteroatoms. The minimum absolute atomic E-state index is 0.522. The number of rotatable bonds is 2. The Morgan fingerprint density at radius 2 is 2.12 bits per heavy atom. The summed E-state index contributed by atoms with van der Waals surface area (Å²) in [4.78, 5) is 0. The van der Waals surface area contributed by atoms with E-state index >= 15 is 0 Å². The molecule has 2 N–H and O–H groups in total. The first-order valence-corrected chi connectivity index (χ1v) is 6.46. The van der Waals surface area contributed by atoms with Gasteiger partial charge >= 0.3 is 0 Å². The van der Waals surface area contributed by atoms with Crippen molar-refractivity contribution >= 4 is 44.9 Å². The highest BCUT2D eigenvalue weighted by Crippen LogP contribution is 2.26. The van der Waals surface area contributed by atoms with E-state index in [9.17, 15) is 0 Å². The molecule has 1 aromatic carbocycles. The Balaban J connectivity index is 2.34. The lowest BCUT2D eigenvalue weighted by atomic mass is 10.2. The predicted molar refractivity (Wildman–Crippen MR) is 74.6 cm³/mol. The van der Waals surface area contributed by atoms with Crippen LogP contribution in [0.15, 0.2) is 22.7 Å². The standard InChI is InChI=1S/C11H10BrCl2N3/c1-6-10(12)11(15)17(16-6)5-7-2-3-8(13)4-9(7)14/h2-4H,5,15H2,1H3. The second kappa shape index (κ2) is 4.88. The van der Waals surface area contributed by atoms with E-state index < -0.39 is 0 Å². The van der Waals surface area contributed by atoms with Crippen LogP contribution >= 0.6 is 39.1 Å². The Morgan fingerprint density at radius 1 is 1.41 bits per heavy atom. The van der Waals surface area contributed by atoms with Crippen LogP contribution in [0.25, 0.3) is 0 Å². The van der Waals surface area contributed by atoms with E-state index in [0.29, 0.717) is 22.4 Å². The molecule has 0 fully saturated rings. The number of halogens is 3. The average Bonchev–Trinajstić information content (AvgIpc) is 2.50. The highest BCUT2D eigenvalue weighted by atomic mass is 79.9. The minimum Gasteiger partial charge on any atom is -0.383 e. The van der Waals surface area contributed by atoms with Gasteiger partial charge in [0.2, 0.25) is 0 Å². The van der Waals surface area contributed by atoms with Crippen molar-refractivity contribution in [2.45, 2.75) is 13.5 Å². The van der Waals surface area contributed by atoms with Crippen LogP contribution in [0.1, 0.15) is 11.3 Å².